The molecule has 0 spiro atoms. The molecule has 1 aromatic heterocycles. The predicted octanol–water partition coefficient (Wildman–Crippen LogP) is 2.47. The number of carbonyl (C=O) groups is 2. The Hall–Kier alpha value is -2.76. The Balaban J connectivity index is 1.72. The van der Waals surface area contributed by atoms with E-state index in [1.807, 2.05) is 26.0 Å². The van der Waals surface area contributed by atoms with Crippen molar-refractivity contribution < 1.29 is 14.0 Å². The van der Waals surface area contributed by atoms with Crippen molar-refractivity contribution in [3.05, 3.63) is 59.0 Å². The van der Waals surface area contributed by atoms with Gasteiger partial charge in [0.05, 0.1) is 6.26 Å². The highest BCUT2D eigenvalue weighted by Gasteiger charge is 2.11. The highest BCUT2D eigenvalue weighted by atomic mass is 16.3. The summed E-state index contributed by atoms with van der Waals surface area (Å²) in [5.74, 6) is -0.0359. The zero-order valence-corrected chi connectivity index (χ0v) is 14.3. The van der Waals surface area contributed by atoms with Gasteiger partial charge in [-0.15, -0.1) is 0 Å². The van der Waals surface area contributed by atoms with E-state index < -0.39 is 0 Å². The van der Waals surface area contributed by atoms with Crippen LogP contribution in [-0.4, -0.2) is 37.0 Å². The molecule has 6 nitrogen and oxygen atoms in total. The number of rotatable bonds is 6. The Labute approximate surface area is 141 Å². The highest BCUT2D eigenvalue weighted by Crippen LogP contribution is 2.12. The first-order valence-corrected chi connectivity index (χ1v) is 7.84. The lowest BCUT2D eigenvalue weighted by Gasteiger charge is -2.19. The Morgan fingerprint density at radius 1 is 1.12 bits per heavy atom. The maximum absolute atomic E-state index is 12.1. The number of urea groups is 1. The lowest BCUT2D eigenvalue weighted by atomic mass is 10.1. The molecular weight excluding hydrogens is 306 g/mol. The number of amides is 3. The van der Waals surface area contributed by atoms with E-state index in [0.717, 1.165) is 5.56 Å². The summed E-state index contributed by atoms with van der Waals surface area (Å²) in [6, 6.07) is 9.24. The Bertz CT molecular complexity index is 696. The van der Waals surface area contributed by atoms with Gasteiger partial charge in [-0.1, -0.05) is 23.8 Å². The van der Waals surface area contributed by atoms with E-state index in [1.54, 1.807) is 24.1 Å². The maximum atomic E-state index is 12.1. The lowest BCUT2D eigenvalue weighted by molar-refractivity contribution is 0.0926. The quantitative estimate of drug-likeness (QED) is 0.800. The van der Waals surface area contributed by atoms with Gasteiger partial charge in [0.25, 0.3) is 5.91 Å². The van der Waals surface area contributed by atoms with Gasteiger partial charge in [-0.25, -0.2) is 4.79 Å². The molecule has 128 valence electrons. The molecule has 0 unspecified atom stereocenters. The normalized spacial score (nSPS) is 10.3. The summed E-state index contributed by atoms with van der Waals surface area (Å²) < 4.78 is 4.99. The number of carbonyl (C=O) groups excluding carboxylic acids is 2. The van der Waals surface area contributed by atoms with Crippen LogP contribution >= 0.6 is 0 Å². The largest absolute Gasteiger partial charge is 0.459 e. The molecule has 0 radical (unpaired) electrons. The van der Waals surface area contributed by atoms with Gasteiger partial charge < -0.3 is 20.0 Å². The number of nitrogens with zero attached hydrogens (tertiary/aromatic N) is 1. The molecule has 24 heavy (non-hydrogen) atoms. The third-order valence-electron chi connectivity index (χ3n) is 3.68. The summed E-state index contributed by atoms with van der Waals surface area (Å²) in [7, 11) is 1.75. The average Bonchev–Trinajstić information content (AvgIpc) is 3.08. The SMILES string of the molecule is Cc1ccc(CN(C)C(=O)NCCNC(=O)c2ccco2)c(C)c1. The summed E-state index contributed by atoms with van der Waals surface area (Å²) in [4.78, 5) is 25.4. The van der Waals surface area contributed by atoms with Crippen LogP contribution in [0.3, 0.4) is 0 Å². The fraction of sp³-hybridized carbons (Fsp3) is 0.333. The van der Waals surface area contributed by atoms with Crippen LogP contribution in [0.15, 0.2) is 41.0 Å². The molecule has 0 fully saturated rings. The van der Waals surface area contributed by atoms with Crippen LogP contribution in [0.1, 0.15) is 27.2 Å². The van der Waals surface area contributed by atoms with E-state index in [1.165, 1.54) is 17.4 Å². The predicted molar refractivity (Wildman–Crippen MR) is 91.8 cm³/mol. The van der Waals surface area contributed by atoms with Gasteiger partial charge in [0, 0.05) is 26.7 Å². The second-order valence-corrected chi connectivity index (χ2v) is 5.75. The van der Waals surface area contributed by atoms with E-state index in [4.69, 9.17) is 4.42 Å². The molecule has 1 heterocycles. The van der Waals surface area contributed by atoms with Crippen molar-refractivity contribution in [2.24, 2.45) is 0 Å². The van der Waals surface area contributed by atoms with Crippen LogP contribution in [0.2, 0.25) is 0 Å². The van der Waals surface area contributed by atoms with Gasteiger partial charge in [-0.3, -0.25) is 4.79 Å². The molecule has 2 N–H and O–H groups in total. The van der Waals surface area contributed by atoms with E-state index >= 15 is 0 Å². The number of benzene rings is 1. The van der Waals surface area contributed by atoms with Crippen LogP contribution in [-0.2, 0) is 6.54 Å². The minimum Gasteiger partial charge on any atom is -0.459 e. The molecule has 0 aliphatic carbocycles. The molecule has 0 aliphatic rings. The van der Waals surface area contributed by atoms with Crippen molar-refractivity contribution in [3.63, 3.8) is 0 Å². The monoisotopic (exact) mass is 329 g/mol. The molecule has 3 amide bonds. The first-order chi connectivity index (χ1) is 11.5. The molecule has 0 saturated carbocycles. The first kappa shape index (κ1) is 17.6. The fourth-order valence-electron chi connectivity index (χ4n) is 2.33. The second-order valence-electron chi connectivity index (χ2n) is 5.75. The van der Waals surface area contributed by atoms with Crippen LogP contribution in [0.5, 0.6) is 0 Å². The summed E-state index contributed by atoms with van der Waals surface area (Å²) >= 11 is 0. The van der Waals surface area contributed by atoms with Crippen LogP contribution in [0.4, 0.5) is 4.79 Å². The van der Waals surface area contributed by atoms with Gasteiger partial charge in [-0.05, 0) is 37.1 Å². The van der Waals surface area contributed by atoms with Gasteiger partial charge >= 0.3 is 6.03 Å². The maximum Gasteiger partial charge on any atom is 0.317 e. The third kappa shape index (κ3) is 4.87. The molecular formula is C18H23N3O3. The average molecular weight is 329 g/mol. The molecule has 0 atom stereocenters. The van der Waals surface area contributed by atoms with E-state index in [-0.39, 0.29) is 17.7 Å². The number of hydrogen-bond donors (Lipinski definition) is 2. The first-order valence-electron chi connectivity index (χ1n) is 7.84. The van der Waals surface area contributed by atoms with Gasteiger partial charge in [0.1, 0.15) is 0 Å². The zero-order chi connectivity index (χ0) is 17.5. The van der Waals surface area contributed by atoms with Crippen molar-refractivity contribution in [1.29, 1.82) is 0 Å². The summed E-state index contributed by atoms with van der Waals surface area (Å²) in [5.41, 5.74) is 3.49. The minimum absolute atomic E-state index is 0.178. The molecule has 2 aromatic rings. The Morgan fingerprint density at radius 2 is 1.88 bits per heavy atom. The van der Waals surface area contributed by atoms with Crippen molar-refractivity contribution in [2.75, 3.05) is 20.1 Å². The summed E-state index contributed by atoms with van der Waals surface area (Å²) in [6.07, 6.45) is 1.44. The Morgan fingerprint density at radius 3 is 2.54 bits per heavy atom. The lowest BCUT2D eigenvalue weighted by Crippen LogP contribution is -2.41. The van der Waals surface area contributed by atoms with Gasteiger partial charge in [0.2, 0.25) is 0 Å². The van der Waals surface area contributed by atoms with E-state index in [2.05, 4.69) is 16.7 Å². The second kappa shape index (κ2) is 8.19. The summed E-state index contributed by atoms with van der Waals surface area (Å²) in [6.45, 7) is 5.31. The number of furan rings is 1. The van der Waals surface area contributed by atoms with Crippen LogP contribution in [0, 0.1) is 13.8 Å². The van der Waals surface area contributed by atoms with Crippen molar-refractivity contribution in [3.8, 4) is 0 Å². The molecule has 0 aliphatic heterocycles. The van der Waals surface area contributed by atoms with Crippen molar-refractivity contribution in [2.45, 2.75) is 20.4 Å². The van der Waals surface area contributed by atoms with Crippen molar-refractivity contribution in [1.82, 2.24) is 15.5 Å². The topological polar surface area (TPSA) is 74.6 Å². The highest BCUT2D eigenvalue weighted by molar-refractivity contribution is 5.91. The number of aryl methyl sites for hydroxylation is 2. The van der Waals surface area contributed by atoms with Crippen molar-refractivity contribution >= 4 is 11.9 Å². The Kier molecular flexibility index (Phi) is 6.01. The molecule has 0 bridgehead atoms. The molecule has 2 rings (SSSR count). The molecule has 1 aromatic carbocycles. The van der Waals surface area contributed by atoms with E-state index in [0.29, 0.717) is 19.6 Å². The van der Waals surface area contributed by atoms with Crippen LogP contribution < -0.4 is 10.6 Å². The zero-order valence-electron chi connectivity index (χ0n) is 14.3. The smallest absolute Gasteiger partial charge is 0.317 e. The third-order valence-corrected chi connectivity index (χ3v) is 3.68. The van der Waals surface area contributed by atoms with E-state index in [9.17, 15) is 9.59 Å². The fourth-order valence-corrected chi connectivity index (χ4v) is 2.33. The standard InChI is InChI=1S/C18H23N3O3/c1-13-6-7-15(14(2)11-13)12-21(3)18(23)20-9-8-19-17(22)16-5-4-10-24-16/h4-7,10-11H,8-9,12H2,1-3H3,(H,19,22)(H,20,23). The molecule has 0 saturated heterocycles. The van der Waals surface area contributed by atoms with Crippen LogP contribution in [0.25, 0.3) is 0 Å². The minimum atomic E-state index is -0.294. The number of hydrogen-bond acceptors (Lipinski definition) is 3. The number of nitrogens with one attached hydrogen (secondary N) is 2. The summed E-state index contributed by atoms with van der Waals surface area (Å²) in [5, 5.41) is 5.45. The van der Waals surface area contributed by atoms with Gasteiger partial charge in [0.15, 0.2) is 5.76 Å². The van der Waals surface area contributed by atoms with Gasteiger partial charge in [-0.2, -0.15) is 0 Å². The molecule has 6 heteroatoms.